The predicted molar refractivity (Wildman–Crippen MR) is 120 cm³/mol. The Hall–Kier alpha value is -1.62. The summed E-state index contributed by atoms with van der Waals surface area (Å²) in [7, 11) is 0. The molecule has 0 spiro atoms. The first-order valence-electron chi connectivity index (χ1n) is 12.3. The Morgan fingerprint density at radius 1 is 1.09 bits per heavy atom. The quantitative estimate of drug-likeness (QED) is 0.583. The van der Waals surface area contributed by atoms with Crippen molar-refractivity contribution in [2.75, 3.05) is 0 Å². The topological polar surface area (TPSA) is 72.8 Å². The maximum atomic E-state index is 12.4. The lowest BCUT2D eigenvalue weighted by Gasteiger charge is -2.69. The number of allylic oxidation sites excluding steroid dienone is 1. The minimum Gasteiger partial charge on any atom is -0.462 e. The molecule has 0 aromatic rings. The Kier molecular flexibility index (Phi) is 4.65. The highest BCUT2D eigenvalue weighted by atomic mass is 16.6. The van der Waals surface area contributed by atoms with Crippen molar-refractivity contribution < 1.29 is 24.2 Å². The number of fused-ring (bicyclic) bond motifs is 6. The van der Waals surface area contributed by atoms with Crippen molar-refractivity contribution in [1.82, 2.24) is 0 Å². The molecule has 5 aliphatic rings. The van der Waals surface area contributed by atoms with Gasteiger partial charge in [-0.1, -0.05) is 53.2 Å². The molecule has 3 unspecified atom stereocenters. The van der Waals surface area contributed by atoms with E-state index in [0.29, 0.717) is 28.4 Å². The molecule has 5 nitrogen and oxygen atoms in total. The molecule has 4 aliphatic carbocycles. The van der Waals surface area contributed by atoms with E-state index in [-0.39, 0.29) is 22.7 Å². The van der Waals surface area contributed by atoms with Crippen LogP contribution in [0.4, 0.5) is 0 Å². The van der Waals surface area contributed by atoms with Gasteiger partial charge in [0.2, 0.25) is 6.29 Å². The number of hydrogen-bond donors (Lipinski definition) is 1. The van der Waals surface area contributed by atoms with Crippen LogP contribution >= 0.6 is 0 Å². The van der Waals surface area contributed by atoms with Gasteiger partial charge < -0.3 is 14.6 Å². The highest BCUT2D eigenvalue weighted by Gasteiger charge is 2.69. The summed E-state index contributed by atoms with van der Waals surface area (Å²) in [6.07, 6.45) is 9.13. The largest absolute Gasteiger partial charge is 0.462 e. The molecule has 32 heavy (non-hydrogen) atoms. The molecule has 3 saturated carbocycles. The first-order chi connectivity index (χ1) is 14.9. The van der Waals surface area contributed by atoms with E-state index in [4.69, 9.17) is 9.47 Å². The molecule has 0 radical (unpaired) electrons. The van der Waals surface area contributed by atoms with Gasteiger partial charge in [0, 0.05) is 17.9 Å². The maximum absolute atomic E-state index is 12.4. The van der Waals surface area contributed by atoms with Crippen LogP contribution in [0.25, 0.3) is 0 Å². The second kappa shape index (κ2) is 6.71. The molecule has 5 heteroatoms. The number of ether oxygens (including phenoxy) is 2. The molecule has 3 fully saturated rings. The average Bonchev–Trinajstić information content (AvgIpc) is 2.97. The van der Waals surface area contributed by atoms with Gasteiger partial charge in [-0.25, -0.2) is 4.79 Å². The van der Waals surface area contributed by atoms with Crippen LogP contribution in [0.2, 0.25) is 0 Å². The van der Waals surface area contributed by atoms with Crippen molar-refractivity contribution in [1.29, 1.82) is 0 Å². The van der Waals surface area contributed by atoms with Gasteiger partial charge in [0.05, 0.1) is 5.57 Å². The van der Waals surface area contributed by atoms with Gasteiger partial charge >= 0.3 is 11.9 Å². The fraction of sp³-hybridized carbons (Fsp3) is 0.778. The molecule has 5 rings (SSSR count). The smallest absolute Gasteiger partial charge is 0.340 e. The third-order valence-electron chi connectivity index (χ3n) is 10.6. The molecular formula is C27H38O5. The third kappa shape index (κ3) is 2.66. The zero-order chi connectivity index (χ0) is 23.3. The van der Waals surface area contributed by atoms with Crippen LogP contribution in [-0.2, 0) is 19.1 Å². The summed E-state index contributed by atoms with van der Waals surface area (Å²) in [5, 5.41) is 10.8. The standard InChI is InChI=1S/C27H38O5/c1-15(28)31-20-14-19-25(4)12-7-11-24(2,3)17(25)10-13-26(19,5)18-9-8-16-21(27(18,20)6)23(30)32-22(16)29/h8-9,17-20,23,30H,7,10-14H2,1-6H3/t17?,18?,19?,20-,23-,25-,26-,27+/m0/s1. The van der Waals surface area contributed by atoms with Crippen molar-refractivity contribution in [3.63, 3.8) is 0 Å². The van der Waals surface area contributed by atoms with Gasteiger partial charge in [-0.3, -0.25) is 4.79 Å². The third-order valence-corrected chi connectivity index (χ3v) is 10.6. The highest BCUT2D eigenvalue weighted by Crippen LogP contribution is 2.73. The maximum Gasteiger partial charge on any atom is 0.340 e. The molecule has 0 aromatic carbocycles. The van der Waals surface area contributed by atoms with Crippen molar-refractivity contribution >= 4 is 11.9 Å². The first kappa shape index (κ1) is 22.2. The lowest BCUT2D eigenvalue weighted by atomic mass is 9.35. The number of carbonyl (C=O) groups is 2. The first-order valence-corrected chi connectivity index (χ1v) is 12.3. The van der Waals surface area contributed by atoms with Crippen LogP contribution in [0.1, 0.15) is 80.1 Å². The zero-order valence-corrected chi connectivity index (χ0v) is 20.4. The van der Waals surface area contributed by atoms with Crippen LogP contribution in [0.5, 0.6) is 0 Å². The number of carbonyl (C=O) groups excluding carboxylic acids is 2. The molecule has 1 aliphatic heterocycles. The number of aliphatic hydroxyl groups is 1. The Bertz CT molecular complexity index is 930. The molecule has 0 amide bonds. The molecule has 0 aromatic heterocycles. The van der Waals surface area contributed by atoms with E-state index in [1.54, 1.807) is 0 Å². The van der Waals surface area contributed by atoms with Gasteiger partial charge in [-0.05, 0) is 66.1 Å². The monoisotopic (exact) mass is 442 g/mol. The number of aliphatic hydroxyl groups excluding tert-OH is 1. The molecule has 1 N–H and O–H groups in total. The van der Waals surface area contributed by atoms with Gasteiger partial charge in [-0.2, -0.15) is 0 Å². The number of rotatable bonds is 1. The fourth-order valence-electron chi connectivity index (χ4n) is 9.45. The van der Waals surface area contributed by atoms with Crippen LogP contribution in [0, 0.1) is 39.4 Å². The molecule has 0 saturated heterocycles. The summed E-state index contributed by atoms with van der Waals surface area (Å²) in [6.45, 7) is 13.3. The van der Waals surface area contributed by atoms with E-state index < -0.39 is 23.8 Å². The Morgan fingerprint density at radius 3 is 2.50 bits per heavy atom. The lowest BCUT2D eigenvalue weighted by molar-refractivity contribution is -0.218. The minimum absolute atomic E-state index is 0.00947. The zero-order valence-electron chi connectivity index (χ0n) is 20.4. The van der Waals surface area contributed by atoms with E-state index in [2.05, 4.69) is 40.7 Å². The van der Waals surface area contributed by atoms with Crippen LogP contribution in [0.3, 0.4) is 0 Å². The second-order valence-electron chi connectivity index (χ2n) is 12.5. The fourth-order valence-corrected chi connectivity index (χ4v) is 9.45. The van der Waals surface area contributed by atoms with Crippen molar-refractivity contribution in [3.8, 4) is 0 Å². The van der Waals surface area contributed by atoms with Crippen molar-refractivity contribution in [2.45, 2.75) is 92.5 Å². The minimum atomic E-state index is -1.27. The predicted octanol–water partition coefficient (Wildman–Crippen LogP) is 4.93. The van der Waals surface area contributed by atoms with E-state index in [1.165, 1.54) is 32.6 Å². The number of hydrogen-bond acceptors (Lipinski definition) is 5. The summed E-state index contributed by atoms with van der Waals surface area (Å²) in [4.78, 5) is 24.7. The normalized spacial score (nSPS) is 48.8. The Balaban J connectivity index is 1.66. The van der Waals surface area contributed by atoms with Gasteiger partial charge in [-0.15, -0.1) is 0 Å². The summed E-state index contributed by atoms with van der Waals surface area (Å²) >= 11 is 0. The molecule has 1 heterocycles. The SMILES string of the molecule is CC(=O)O[C@H]1CC2[C@@]3(C)CCCC(C)(C)C3CC[C@@]2(C)C2C=CC3=C([C@@H](O)OC3=O)[C@]21C. The van der Waals surface area contributed by atoms with Crippen LogP contribution < -0.4 is 0 Å². The Labute approximate surface area is 191 Å². The van der Waals surface area contributed by atoms with E-state index >= 15 is 0 Å². The molecule has 0 bridgehead atoms. The summed E-state index contributed by atoms with van der Waals surface area (Å²) in [6, 6.07) is 0. The van der Waals surface area contributed by atoms with Crippen molar-refractivity contribution in [3.05, 3.63) is 23.3 Å². The van der Waals surface area contributed by atoms with E-state index in [9.17, 15) is 14.7 Å². The van der Waals surface area contributed by atoms with Gasteiger partial charge in [0.25, 0.3) is 0 Å². The number of cyclic esters (lactones) is 1. The van der Waals surface area contributed by atoms with Gasteiger partial charge in [0.15, 0.2) is 0 Å². The molecule has 176 valence electrons. The average molecular weight is 443 g/mol. The van der Waals surface area contributed by atoms with Crippen molar-refractivity contribution in [2.24, 2.45) is 39.4 Å². The van der Waals surface area contributed by atoms with Crippen LogP contribution in [-0.4, -0.2) is 29.4 Å². The summed E-state index contributed by atoms with van der Waals surface area (Å²) in [5.74, 6) is 0.313. The highest BCUT2D eigenvalue weighted by molar-refractivity contribution is 5.96. The Morgan fingerprint density at radius 2 is 1.81 bits per heavy atom. The molecule has 8 atom stereocenters. The summed E-state index contributed by atoms with van der Waals surface area (Å²) in [5.41, 5.74) is 0.861. The van der Waals surface area contributed by atoms with Gasteiger partial charge in [0.1, 0.15) is 6.10 Å². The van der Waals surface area contributed by atoms with E-state index in [0.717, 1.165) is 12.8 Å². The second-order valence-corrected chi connectivity index (χ2v) is 12.5. The lowest BCUT2D eigenvalue weighted by Crippen LogP contribution is -2.65. The van der Waals surface area contributed by atoms with E-state index in [1.807, 2.05) is 6.08 Å². The summed E-state index contributed by atoms with van der Waals surface area (Å²) < 4.78 is 11.3. The molecular weight excluding hydrogens is 404 g/mol. The number of esters is 2. The van der Waals surface area contributed by atoms with Crippen LogP contribution in [0.15, 0.2) is 23.3 Å².